The van der Waals surface area contributed by atoms with Crippen LogP contribution < -0.4 is 0 Å². The smallest absolute Gasteiger partial charge is 0.0639 e. The SMILES string of the molecule is C=C(C)CCC(O)C1(c2ccccc2)CCCC1. The average Bonchev–Trinajstić information content (AvgIpc) is 2.87. The number of hydrogen-bond donors (Lipinski definition) is 1. The summed E-state index contributed by atoms with van der Waals surface area (Å²) in [6.45, 7) is 5.98. The van der Waals surface area contributed by atoms with Crippen molar-refractivity contribution in [2.24, 2.45) is 0 Å². The van der Waals surface area contributed by atoms with Crippen LogP contribution in [0.5, 0.6) is 0 Å². The largest absolute Gasteiger partial charge is 0.392 e. The molecule has 0 amide bonds. The van der Waals surface area contributed by atoms with E-state index >= 15 is 0 Å². The van der Waals surface area contributed by atoms with Gasteiger partial charge in [0, 0.05) is 5.41 Å². The zero-order valence-corrected chi connectivity index (χ0v) is 11.4. The number of allylic oxidation sites excluding steroid dienone is 1. The first-order valence-corrected chi connectivity index (χ1v) is 7.03. The van der Waals surface area contributed by atoms with Gasteiger partial charge in [0.05, 0.1) is 6.10 Å². The fraction of sp³-hybridized carbons (Fsp3) is 0.529. The summed E-state index contributed by atoms with van der Waals surface area (Å²) in [4.78, 5) is 0. The van der Waals surface area contributed by atoms with Crippen molar-refractivity contribution < 1.29 is 5.11 Å². The normalized spacial score (nSPS) is 19.7. The summed E-state index contributed by atoms with van der Waals surface area (Å²) in [6.07, 6.45) is 6.24. The molecule has 1 nitrogen and oxygen atoms in total. The Hall–Kier alpha value is -1.08. The fourth-order valence-electron chi connectivity index (χ4n) is 3.25. The van der Waals surface area contributed by atoms with Gasteiger partial charge in [-0.2, -0.15) is 0 Å². The lowest BCUT2D eigenvalue weighted by atomic mass is 9.72. The Kier molecular flexibility index (Phi) is 4.23. The average molecular weight is 244 g/mol. The molecule has 1 aliphatic carbocycles. The molecule has 0 bridgehead atoms. The quantitative estimate of drug-likeness (QED) is 0.769. The minimum atomic E-state index is -0.237. The van der Waals surface area contributed by atoms with Crippen molar-refractivity contribution in [2.45, 2.75) is 57.0 Å². The molecule has 2 rings (SSSR count). The van der Waals surface area contributed by atoms with Gasteiger partial charge in [0.2, 0.25) is 0 Å². The van der Waals surface area contributed by atoms with Gasteiger partial charge < -0.3 is 5.11 Å². The van der Waals surface area contributed by atoms with Crippen molar-refractivity contribution in [1.82, 2.24) is 0 Å². The third kappa shape index (κ3) is 2.67. The summed E-state index contributed by atoms with van der Waals surface area (Å²) in [7, 11) is 0. The lowest BCUT2D eigenvalue weighted by molar-refractivity contribution is 0.0747. The molecule has 98 valence electrons. The molecule has 1 heteroatoms. The van der Waals surface area contributed by atoms with Crippen LogP contribution >= 0.6 is 0 Å². The minimum absolute atomic E-state index is 0.00326. The molecule has 1 saturated carbocycles. The van der Waals surface area contributed by atoms with Crippen LogP contribution in [0.3, 0.4) is 0 Å². The van der Waals surface area contributed by atoms with Crippen LogP contribution in [-0.2, 0) is 5.41 Å². The van der Waals surface area contributed by atoms with E-state index in [0.717, 1.165) is 31.3 Å². The van der Waals surface area contributed by atoms with E-state index in [4.69, 9.17) is 0 Å². The van der Waals surface area contributed by atoms with Crippen molar-refractivity contribution in [2.75, 3.05) is 0 Å². The van der Waals surface area contributed by atoms with Gasteiger partial charge in [-0.15, -0.1) is 6.58 Å². The molecule has 0 aromatic heterocycles. The third-order valence-electron chi connectivity index (χ3n) is 4.33. The highest BCUT2D eigenvalue weighted by molar-refractivity contribution is 5.28. The molecule has 0 radical (unpaired) electrons. The van der Waals surface area contributed by atoms with E-state index in [0.29, 0.717) is 0 Å². The monoisotopic (exact) mass is 244 g/mol. The molecule has 18 heavy (non-hydrogen) atoms. The summed E-state index contributed by atoms with van der Waals surface area (Å²) < 4.78 is 0. The van der Waals surface area contributed by atoms with Gasteiger partial charge in [-0.1, -0.05) is 48.7 Å². The molecular weight excluding hydrogens is 220 g/mol. The highest BCUT2D eigenvalue weighted by Gasteiger charge is 2.41. The van der Waals surface area contributed by atoms with E-state index in [1.54, 1.807) is 0 Å². The van der Waals surface area contributed by atoms with Gasteiger partial charge in [-0.25, -0.2) is 0 Å². The zero-order valence-electron chi connectivity index (χ0n) is 11.4. The van der Waals surface area contributed by atoms with Crippen LogP contribution in [0.4, 0.5) is 0 Å². The van der Waals surface area contributed by atoms with E-state index < -0.39 is 0 Å². The molecule has 1 N–H and O–H groups in total. The predicted molar refractivity (Wildman–Crippen MR) is 76.6 cm³/mol. The lowest BCUT2D eigenvalue weighted by Crippen LogP contribution is -2.37. The van der Waals surface area contributed by atoms with Crippen LogP contribution in [0, 0.1) is 0 Å². The summed E-state index contributed by atoms with van der Waals surface area (Å²) >= 11 is 0. The summed E-state index contributed by atoms with van der Waals surface area (Å²) in [5, 5.41) is 10.7. The highest BCUT2D eigenvalue weighted by Crippen LogP contribution is 2.45. The Balaban J connectivity index is 2.19. The van der Waals surface area contributed by atoms with E-state index in [9.17, 15) is 5.11 Å². The zero-order chi connectivity index (χ0) is 13.0. The fourth-order valence-corrected chi connectivity index (χ4v) is 3.25. The summed E-state index contributed by atoms with van der Waals surface area (Å²) in [5.74, 6) is 0. The van der Waals surface area contributed by atoms with Crippen molar-refractivity contribution in [3.8, 4) is 0 Å². The number of rotatable bonds is 5. The molecule has 1 aliphatic rings. The first-order valence-electron chi connectivity index (χ1n) is 7.03. The first kappa shape index (κ1) is 13.4. The summed E-state index contributed by atoms with van der Waals surface area (Å²) in [5.41, 5.74) is 2.48. The third-order valence-corrected chi connectivity index (χ3v) is 4.33. The van der Waals surface area contributed by atoms with Gasteiger partial charge in [-0.05, 0) is 38.2 Å². The molecule has 1 unspecified atom stereocenters. The van der Waals surface area contributed by atoms with E-state index in [2.05, 4.69) is 30.8 Å². The van der Waals surface area contributed by atoms with Gasteiger partial charge in [0.25, 0.3) is 0 Å². The molecule has 1 fully saturated rings. The number of benzene rings is 1. The molecule has 0 spiro atoms. The second-order valence-electron chi connectivity index (χ2n) is 5.74. The van der Waals surface area contributed by atoms with E-state index in [1.165, 1.54) is 18.4 Å². The molecule has 1 atom stereocenters. The first-order chi connectivity index (χ1) is 8.65. The number of hydrogen-bond acceptors (Lipinski definition) is 1. The maximum absolute atomic E-state index is 10.7. The van der Waals surface area contributed by atoms with E-state index in [1.807, 2.05) is 13.0 Å². The molecule has 0 heterocycles. The van der Waals surface area contributed by atoms with Crippen molar-refractivity contribution in [3.63, 3.8) is 0 Å². The Bertz CT molecular complexity index is 387. The minimum Gasteiger partial charge on any atom is -0.392 e. The second-order valence-corrected chi connectivity index (χ2v) is 5.74. The predicted octanol–water partition coefficient (Wildman–Crippen LogP) is 4.22. The van der Waals surface area contributed by atoms with Crippen LogP contribution in [0.15, 0.2) is 42.5 Å². The number of aliphatic hydroxyl groups excluding tert-OH is 1. The van der Waals surface area contributed by atoms with Crippen LogP contribution in [0.1, 0.15) is 51.0 Å². The van der Waals surface area contributed by atoms with Crippen LogP contribution in [0.2, 0.25) is 0 Å². The molecule has 0 aliphatic heterocycles. The Labute approximate surface area is 111 Å². The number of aliphatic hydroxyl groups is 1. The molecule has 1 aromatic carbocycles. The summed E-state index contributed by atoms with van der Waals surface area (Å²) in [6, 6.07) is 10.6. The highest BCUT2D eigenvalue weighted by atomic mass is 16.3. The van der Waals surface area contributed by atoms with Gasteiger partial charge in [-0.3, -0.25) is 0 Å². The topological polar surface area (TPSA) is 20.2 Å². The van der Waals surface area contributed by atoms with Crippen molar-refractivity contribution in [3.05, 3.63) is 48.0 Å². The Morgan fingerprint density at radius 2 is 1.89 bits per heavy atom. The standard InChI is InChI=1S/C17H24O/c1-14(2)10-11-16(18)17(12-6-7-13-17)15-8-4-3-5-9-15/h3-5,8-9,16,18H,1,6-7,10-13H2,2H3. The van der Waals surface area contributed by atoms with Gasteiger partial charge in [0.1, 0.15) is 0 Å². The lowest BCUT2D eigenvalue weighted by Gasteiger charge is -2.35. The maximum atomic E-state index is 10.7. The molecular formula is C17H24O. The second kappa shape index (κ2) is 5.71. The van der Waals surface area contributed by atoms with Crippen molar-refractivity contribution >= 4 is 0 Å². The Morgan fingerprint density at radius 1 is 1.28 bits per heavy atom. The molecule has 0 saturated heterocycles. The Morgan fingerprint density at radius 3 is 2.44 bits per heavy atom. The van der Waals surface area contributed by atoms with Crippen molar-refractivity contribution in [1.29, 1.82) is 0 Å². The molecule has 1 aromatic rings. The van der Waals surface area contributed by atoms with Crippen LogP contribution in [0.25, 0.3) is 0 Å². The van der Waals surface area contributed by atoms with Gasteiger partial charge >= 0.3 is 0 Å². The van der Waals surface area contributed by atoms with E-state index in [-0.39, 0.29) is 11.5 Å². The van der Waals surface area contributed by atoms with Gasteiger partial charge in [0.15, 0.2) is 0 Å². The van der Waals surface area contributed by atoms with Crippen LogP contribution in [-0.4, -0.2) is 11.2 Å². The maximum Gasteiger partial charge on any atom is 0.0639 e.